The SMILES string of the molecule is CCCCCCCCCCc1ccc(-c2c(CC)c(F)c(F)c(O)c2-c2cc(F)c(F)c(F)c2)cc1. The summed E-state index contributed by atoms with van der Waals surface area (Å²) in [6.07, 6.45) is 10.6. The van der Waals surface area contributed by atoms with E-state index in [1.807, 2.05) is 12.1 Å². The van der Waals surface area contributed by atoms with E-state index in [1.165, 1.54) is 38.5 Å². The van der Waals surface area contributed by atoms with Gasteiger partial charge < -0.3 is 5.11 Å². The van der Waals surface area contributed by atoms with E-state index in [2.05, 4.69) is 6.92 Å². The summed E-state index contributed by atoms with van der Waals surface area (Å²) in [6.45, 7) is 3.82. The fourth-order valence-electron chi connectivity index (χ4n) is 4.66. The number of hydrogen-bond donors (Lipinski definition) is 1. The first-order chi connectivity index (χ1) is 17.3. The molecule has 0 fully saturated rings. The number of aromatic hydroxyl groups is 1. The van der Waals surface area contributed by atoms with Crippen LogP contribution in [0.1, 0.15) is 76.3 Å². The number of benzene rings is 3. The molecule has 3 rings (SSSR count). The predicted octanol–water partition coefficient (Wildman–Crippen LogP) is 9.67. The van der Waals surface area contributed by atoms with Gasteiger partial charge in [-0.2, -0.15) is 4.39 Å². The fraction of sp³-hybridized carbons (Fsp3) is 0.400. The third-order valence-corrected chi connectivity index (χ3v) is 6.64. The molecule has 0 aliphatic rings. The van der Waals surface area contributed by atoms with Crippen LogP contribution in [0.15, 0.2) is 36.4 Å². The predicted molar refractivity (Wildman–Crippen MR) is 134 cm³/mol. The lowest BCUT2D eigenvalue weighted by Gasteiger charge is -2.19. The van der Waals surface area contributed by atoms with Crippen molar-refractivity contribution in [1.82, 2.24) is 0 Å². The molecule has 0 spiro atoms. The molecule has 1 N–H and O–H groups in total. The van der Waals surface area contributed by atoms with Crippen LogP contribution in [0, 0.1) is 29.1 Å². The lowest BCUT2D eigenvalue weighted by molar-refractivity contribution is 0.406. The molecule has 0 atom stereocenters. The van der Waals surface area contributed by atoms with E-state index >= 15 is 0 Å². The minimum absolute atomic E-state index is 0.0405. The van der Waals surface area contributed by atoms with Gasteiger partial charge in [-0.25, -0.2) is 17.6 Å². The van der Waals surface area contributed by atoms with E-state index < -0.39 is 34.8 Å². The number of rotatable bonds is 12. The normalized spacial score (nSPS) is 11.3. The lowest BCUT2D eigenvalue weighted by Crippen LogP contribution is -2.03. The molecule has 0 heterocycles. The molecular formula is C30H33F5O. The van der Waals surface area contributed by atoms with Crippen LogP contribution in [0.2, 0.25) is 0 Å². The van der Waals surface area contributed by atoms with Crippen LogP contribution in [0.25, 0.3) is 22.3 Å². The lowest BCUT2D eigenvalue weighted by atomic mass is 9.87. The molecule has 0 unspecified atom stereocenters. The molecule has 3 aromatic rings. The Morgan fingerprint density at radius 3 is 1.72 bits per heavy atom. The third-order valence-electron chi connectivity index (χ3n) is 6.64. The highest BCUT2D eigenvalue weighted by Gasteiger charge is 2.26. The molecule has 1 nitrogen and oxygen atoms in total. The van der Waals surface area contributed by atoms with E-state index in [4.69, 9.17) is 0 Å². The molecule has 36 heavy (non-hydrogen) atoms. The van der Waals surface area contributed by atoms with Gasteiger partial charge in [0.2, 0.25) is 5.82 Å². The van der Waals surface area contributed by atoms with Crippen LogP contribution < -0.4 is 0 Å². The van der Waals surface area contributed by atoms with Crippen molar-refractivity contribution in [3.63, 3.8) is 0 Å². The Kier molecular flexibility index (Phi) is 9.91. The molecule has 0 aromatic heterocycles. The number of phenols is 1. The van der Waals surface area contributed by atoms with Crippen LogP contribution in [-0.2, 0) is 12.8 Å². The molecule has 0 aliphatic heterocycles. The molecule has 3 aromatic carbocycles. The largest absolute Gasteiger partial charge is 0.504 e. The van der Waals surface area contributed by atoms with Crippen molar-refractivity contribution in [1.29, 1.82) is 0 Å². The Morgan fingerprint density at radius 1 is 0.611 bits per heavy atom. The van der Waals surface area contributed by atoms with Crippen molar-refractivity contribution in [2.75, 3.05) is 0 Å². The number of unbranched alkanes of at least 4 members (excludes halogenated alkanes) is 7. The van der Waals surface area contributed by atoms with Crippen LogP contribution >= 0.6 is 0 Å². The summed E-state index contributed by atoms with van der Waals surface area (Å²) >= 11 is 0. The van der Waals surface area contributed by atoms with Crippen LogP contribution in [0.5, 0.6) is 5.75 Å². The van der Waals surface area contributed by atoms with Crippen molar-refractivity contribution in [3.05, 3.63) is 76.6 Å². The average Bonchev–Trinajstić information content (AvgIpc) is 2.87. The number of phenolic OH excluding ortho intramolecular Hbond substituents is 1. The number of hydrogen-bond acceptors (Lipinski definition) is 1. The quantitative estimate of drug-likeness (QED) is 0.148. The van der Waals surface area contributed by atoms with Crippen molar-refractivity contribution < 1.29 is 27.1 Å². The van der Waals surface area contributed by atoms with Crippen molar-refractivity contribution in [3.8, 4) is 28.0 Å². The highest BCUT2D eigenvalue weighted by molar-refractivity contribution is 5.90. The number of aryl methyl sites for hydroxylation is 1. The molecule has 0 aliphatic carbocycles. The Hall–Kier alpha value is -2.89. The van der Waals surface area contributed by atoms with Gasteiger partial charge in [0.05, 0.1) is 0 Å². The van der Waals surface area contributed by atoms with Gasteiger partial charge in [0.15, 0.2) is 29.0 Å². The maximum Gasteiger partial charge on any atom is 0.201 e. The van der Waals surface area contributed by atoms with Crippen molar-refractivity contribution >= 4 is 0 Å². The topological polar surface area (TPSA) is 20.2 Å². The van der Waals surface area contributed by atoms with Crippen LogP contribution in [0.3, 0.4) is 0 Å². The highest BCUT2D eigenvalue weighted by atomic mass is 19.2. The van der Waals surface area contributed by atoms with Gasteiger partial charge in [-0.1, -0.05) is 83.1 Å². The molecule has 0 radical (unpaired) electrons. The Bertz CT molecular complexity index is 1150. The van der Waals surface area contributed by atoms with Gasteiger partial charge in [-0.05, 0) is 59.2 Å². The van der Waals surface area contributed by atoms with Gasteiger partial charge >= 0.3 is 0 Å². The van der Waals surface area contributed by atoms with Crippen LogP contribution in [0.4, 0.5) is 22.0 Å². The summed E-state index contributed by atoms with van der Waals surface area (Å²) in [5, 5.41) is 10.5. The summed E-state index contributed by atoms with van der Waals surface area (Å²) in [4.78, 5) is 0. The number of halogens is 5. The van der Waals surface area contributed by atoms with E-state index in [0.717, 1.165) is 24.8 Å². The standard InChI is InChI=1S/C30H33F5O/c1-3-5-6-7-8-9-10-11-12-19-13-15-20(16-14-19)25-22(4-2)27(33)29(35)30(36)26(25)21-17-23(31)28(34)24(32)18-21/h13-18,36H,3-12H2,1-2H3. The average molecular weight is 505 g/mol. The third kappa shape index (κ3) is 6.26. The first-order valence-corrected chi connectivity index (χ1v) is 12.8. The van der Waals surface area contributed by atoms with Crippen molar-refractivity contribution in [2.45, 2.75) is 78.1 Å². The maximum absolute atomic E-state index is 14.8. The Labute approximate surface area is 210 Å². The molecular weight excluding hydrogens is 471 g/mol. The molecule has 0 amide bonds. The summed E-state index contributed by atoms with van der Waals surface area (Å²) in [6, 6.07) is 8.55. The molecule has 0 saturated heterocycles. The van der Waals surface area contributed by atoms with E-state index in [-0.39, 0.29) is 28.7 Å². The monoisotopic (exact) mass is 504 g/mol. The zero-order valence-electron chi connectivity index (χ0n) is 20.9. The minimum atomic E-state index is -1.68. The van der Waals surface area contributed by atoms with E-state index in [1.54, 1.807) is 19.1 Å². The highest BCUT2D eigenvalue weighted by Crippen LogP contribution is 2.45. The second-order valence-electron chi connectivity index (χ2n) is 9.23. The second-order valence-corrected chi connectivity index (χ2v) is 9.23. The Morgan fingerprint density at radius 2 is 1.17 bits per heavy atom. The fourth-order valence-corrected chi connectivity index (χ4v) is 4.66. The molecule has 194 valence electrons. The van der Waals surface area contributed by atoms with E-state index in [9.17, 15) is 27.1 Å². The van der Waals surface area contributed by atoms with Gasteiger partial charge in [0.25, 0.3) is 0 Å². The van der Waals surface area contributed by atoms with Gasteiger partial charge in [-0.3, -0.25) is 0 Å². The van der Waals surface area contributed by atoms with Crippen LogP contribution in [-0.4, -0.2) is 5.11 Å². The summed E-state index contributed by atoms with van der Waals surface area (Å²) in [5.41, 5.74) is 1.06. The molecule has 6 heteroatoms. The van der Waals surface area contributed by atoms with Crippen molar-refractivity contribution in [2.24, 2.45) is 0 Å². The summed E-state index contributed by atoms with van der Waals surface area (Å²) < 4.78 is 70.9. The smallest absolute Gasteiger partial charge is 0.201 e. The summed E-state index contributed by atoms with van der Waals surface area (Å²) in [5.74, 6) is -8.46. The second kappa shape index (κ2) is 12.9. The maximum atomic E-state index is 14.8. The zero-order valence-corrected chi connectivity index (χ0v) is 20.9. The Balaban J connectivity index is 1.89. The minimum Gasteiger partial charge on any atom is -0.504 e. The molecule has 0 saturated carbocycles. The van der Waals surface area contributed by atoms with Gasteiger partial charge in [-0.15, -0.1) is 0 Å². The zero-order chi connectivity index (χ0) is 26.2. The van der Waals surface area contributed by atoms with E-state index in [0.29, 0.717) is 17.7 Å². The first kappa shape index (κ1) is 27.7. The van der Waals surface area contributed by atoms with Gasteiger partial charge in [0, 0.05) is 5.56 Å². The summed E-state index contributed by atoms with van der Waals surface area (Å²) in [7, 11) is 0. The first-order valence-electron chi connectivity index (χ1n) is 12.8. The van der Waals surface area contributed by atoms with Gasteiger partial charge in [0.1, 0.15) is 0 Å². The molecule has 0 bridgehead atoms.